The molecule has 0 aromatic rings. The molecule has 2 aliphatic rings. The number of rotatable bonds is 1. The van der Waals surface area contributed by atoms with E-state index in [1.807, 2.05) is 0 Å². The van der Waals surface area contributed by atoms with Crippen LogP contribution in [-0.2, 0) is 9.59 Å². The van der Waals surface area contributed by atoms with Gasteiger partial charge in [0.1, 0.15) is 6.04 Å². The predicted octanol–water partition coefficient (Wildman–Crippen LogP) is 1.40. The summed E-state index contributed by atoms with van der Waals surface area (Å²) in [5, 5.41) is 11.9. The first kappa shape index (κ1) is 11.4. The Kier molecular flexibility index (Phi) is 2.68. The summed E-state index contributed by atoms with van der Waals surface area (Å²) in [6, 6.07) is -0.683. The number of carboxylic acids is 1. The van der Waals surface area contributed by atoms with Gasteiger partial charge in [-0.25, -0.2) is 4.79 Å². The number of hydrogen-bond donors (Lipinski definition) is 2. The van der Waals surface area contributed by atoms with Gasteiger partial charge in [0.05, 0.1) is 0 Å². The molecule has 0 bridgehead atoms. The van der Waals surface area contributed by atoms with E-state index in [0.717, 1.165) is 19.3 Å². The van der Waals surface area contributed by atoms with Crippen LogP contribution in [0.15, 0.2) is 0 Å². The maximum Gasteiger partial charge on any atom is 0.326 e. The summed E-state index contributed by atoms with van der Waals surface area (Å²) in [5.74, 6) is -0.190. The highest BCUT2D eigenvalue weighted by Gasteiger charge is 2.55. The molecule has 1 spiro atoms. The SMILES string of the molecule is CC1CCCC2(CC(=O)NC2C(=O)O)C1C. The van der Waals surface area contributed by atoms with E-state index in [0.29, 0.717) is 18.3 Å². The Balaban J connectivity index is 2.33. The second-order valence-corrected chi connectivity index (χ2v) is 5.41. The zero-order chi connectivity index (χ0) is 11.9. The molecule has 4 heteroatoms. The Morgan fingerprint density at radius 2 is 2.19 bits per heavy atom. The predicted molar refractivity (Wildman–Crippen MR) is 58.8 cm³/mol. The monoisotopic (exact) mass is 225 g/mol. The normalized spacial score (nSPS) is 43.4. The van der Waals surface area contributed by atoms with Crippen LogP contribution in [0.2, 0.25) is 0 Å². The molecule has 4 atom stereocenters. The first-order valence-electron chi connectivity index (χ1n) is 5.99. The van der Waals surface area contributed by atoms with E-state index in [-0.39, 0.29) is 11.3 Å². The minimum atomic E-state index is -0.883. The molecule has 0 radical (unpaired) electrons. The molecule has 2 rings (SSSR count). The third-order valence-electron chi connectivity index (χ3n) is 4.68. The molecule has 1 heterocycles. The molecule has 0 aromatic heterocycles. The number of amides is 1. The molecule has 90 valence electrons. The number of carboxylic acid groups (broad SMARTS) is 1. The van der Waals surface area contributed by atoms with Crippen molar-refractivity contribution in [2.75, 3.05) is 0 Å². The van der Waals surface area contributed by atoms with Gasteiger partial charge >= 0.3 is 5.97 Å². The summed E-state index contributed by atoms with van der Waals surface area (Å²) in [6.45, 7) is 4.26. The van der Waals surface area contributed by atoms with Crippen LogP contribution >= 0.6 is 0 Å². The summed E-state index contributed by atoms with van der Waals surface area (Å²) in [7, 11) is 0. The fraction of sp³-hybridized carbons (Fsp3) is 0.833. The van der Waals surface area contributed by atoms with Crippen molar-refractivity contribution in [2.45, 2.75) is 45.6 Å². The van der Waals surface area contributed by atoms with Crippen molar-refractivity contribution >= 4 is 11.9 Å². The smallest absolute Gasteiger partial charge is 0.326 e. The highest BCUT2D eigenvalue weighted by Crippen LogP contribution is 2.51. The highest BCUT2D eigenvalue weighted by molar-refractivity contribution is 5.89. The average Bonchev–Trinajstić information content (AvgIpc) is 2.53. The van der Waals surface area contributed by atoms with Gasteiger partial charge in [-0.15, -0.1) is 0 Å². The van der Waals surface area contributed by atoms with Crippen molar-refractivity contribution in [3.05, 3.63) is 0 Å². The van der Waals surface area contributed by atoms with Crippen molar-refractivity contribution in [3.63, 3.8) is 0 Å². The Bertz CT molecular complexity index is 328. The van der Waals surface area contributed by atoms with Crippen molar-refractivity contribution in [2.24, 2.45) is 17.3 Å². The minimum Gasteiger partial charge on any atom is -0.480 e. The molecule has 1 aliphatic heterocycles. The summed E-state index contributed by atoms with van der Waals surface area (Å²) < 4.78 is 0. The van der Waals surface area contributed by atoms with Crippen molar-refractivity contribution in [1.29, 1.82) is 0 Å². The van der Waals surface area contributed by atoms with Gasteiger partial charge in [-0.05, 0) is 18.3 Å². The van der Waals surface area contributed by atoms with E-state index in [9.17, 15) is 14.7 Å². The number of carbonyl (C=O) groups is 2. The van der Waals surface area contributed by atoms with Gasteiger partial charge in [0, 0.05) is 11.8 Å². The van der Waals surface area contributed by atoms with Crippen LogP contribution < -0.4 is 5.32 Å². The summed E-state index contributed by atoms with van der Waals surface area (Å²) in [6.07, 6.45) is 3.41. The lowest BCUT2D eigenvalue weighted by molar-refractivity contribution is -0.144. The fourth-order valence-electron chi connectivity index (χ4n) is 3.52. The van der Waals surface area contributed by atoms with Gasteiger partial charge in [0.2, 0.25) is 5.91 Å². The van der Waals surface area contributed by atoms with Gasteiger partial charge < -0.3 is 10.4 Å². The summed E-state index contributed by atoms with van der Waals surface area (Å²) in [5.41, 5.74) is -0.347. The molecule has 2 N–H and O–H groups in total. The standard InChI is InChI=1S/C12H19NO3/c1-7-4-3-5-12(8(7)2)6-9(14)13-10(12)11(15)16/h7-8,10H,3-6H2,1-2H3,(H,13,14)(H,15,16). The molecular weight excluding hydrogens is 206 g/mol. The third-order valence-corrected chi connectivity index (χ3v) is 4.68. The van der Waals surface area contributed by atoms with Crippen molar-refractivity contribution in [1.82, 2.24) is 5.32 Å². The largest absolute Gasteiger partial charge is 0.480 e. The Hall–Kier alpha value is -1.06. The van der Waals surface area contributed by atoms with Crippen LogP contribution in [0.5, 0.6) is 0 Å². The van der Waals surface area contributed by atoms with Crippen LogP contribution in [0.3, 0.4) is 0 Å². The first-order valence-corrected chi connectivity index (χ1v) is 5.99. The van der Waals surface area contributed by atoms with Crippen LogP contribution in [0.25, 0.3) is 0 Å². The fourth-order valence-corrected chi connectivity index (χ4v) is 3.52. The molecule has 1 saturated heterocycles. The number of aliphatic carboxylic acids is 1. The lowest BCUT2D eigenvalue weighted by atomic mass is 9.59. The van der Waals surface area contributed by atoms with Gasteiger partial charge in [-0.2, -0.15) is 0 Å². The van der Waals surface area contributed by atoms with E-state index in [4.69, 9.17) is 0 Å². The summed E-state index contributed by atoms with van der Waals surface area (Å²) in [4.78, 5) is 22.8. The Labute approximate surface area is 95.4 Å². The minimum absolute atomic E-state index is 0.103. The second-order valence-electron chi connectivity index (χ2n) is 5.41. The molecule has 4 nitrogen and oxygen atoms in total. The maximum atomic E-state index is 11.5. The van der Waals surface area contributed by atoms with Crippen molar-refractivity contribution in [3.8, 4) is 0 Å². The van der Waals surface area contributed by atoms with Gasteiger partial charge in [-0.3, -0.25) is 4.79 Å². The Morgan fingerprint density at radius 1 is 1.50 bits per heavy atom. The Morgan fingerprint density at radius 3 is 2.81 bits per heavy atom. The number of carbonyl (C=O) groups excluding carboxylic acids is 1. The first-order chi connectivity index (χ1) is 7.47. The molecule has 1 amide bonds. The molecule has 1 saturated carbocycles. The number of hydrogen-bond acceptors (Lipinski definition) is 2. The van der Waals surface area contributed by atoms with E-state index < -0.39 is 12.0 Å². The van der Waals surface area contributed by atoms with E-state index >= 15 is 0 Å². The highest BCUT2D eigenvalue weighted by atomic mass is 16.4. The molecule has 1 aliphatic carbocycles. The molecular formula is C12H19NO3. The third kappa shape index (κ3) is 1.51. The van der Waals surface area contributed by atoms with Crippen LogP contribution in [0.4, 0.5) is 0 Å². The van der Waals surface area contributed by atoms with Crippen LogP contribution in [0, 0.1) is 17.3 Å². The van der Waals surface area contributed by atoms with Crippen LogP contribution in [0.1, 0.15) is 39.5 Å². The number of nitrogens with one attached hydrogen (secondary N) is 1. The molecule has 2 fully saturated rings. The quantitative estimate of drug-likeness (QED) is 0.709. The lowest BCUT2D eigenvalue weighted by Gasteiger charge is -2.44. The zero-order valence-electron chi connectivity index (χ0n) is 9.82. The van der Waals surface area contributed by atoms with Crippen molar-refractivity contribution < 1.29 is 14.7 Å². The van der Waals surface area contributed by atoms with Gasteiger partial charge in [0.25, 0.3) is 0 Å². The van der Waals surface area contributed by atoms with E-state index in [2.05, 4.69) is 19.2 Å². The van der Waals surface area contributed by atoms with Gasteiger partial charge in [0.15, 0.2) is 0 Å². The lowest BCUT2D eigenvalue weighted by Crippen LogP contribution is -2.50. The molecule has 0 aromatic carbocycles. The second kappa shape index (κ2) is 3.75. The van der Waals surface area contributed by atoms with E-state index in [1.165, 1.54) is 0 Å². The average molecular weight is 225 g/mol. The van der Waals surface area contributed by atoms with Crippen LogP contribution in [-0.4, -0.2) is 23.0 Å². The maximum absolute atomic E-state index is 11.5. The zero-order valence-corrected chi connectivity index (χ0v) is 9.82. The van der Waals surface area contributed by atoms with E-state index in [1.54, 1.807) is 0 Å². The molecule has 4 unspecified atom stereocenters. The summed E-state index contributed by atoms with van der Waals surface area (Å²) >= 11 is 0. The van der Waals surface area contributed by atoms with Gasteiger partial charge in [-0.1, -0.05) is 26.7 Å². The molecule has 16 heavy (non-hydrogen) atoms. The topological polar surface area (TPSA) is 66.4 Å².